The molecular formula is C20H14ClFN4S2. The van der Waals surface area contributed by atoms with Crippen molar-refractivity contribution in [3.63, 3.8) is 0 Å². The molecular weight excluding hydrogens is 415 g/mol. The van der Waals surface area contributed by atoms with E-state index in [2.05, 4.69) is 20.2 Å². The number of aromatic amines is 1. The van der Waals surface area contributed by atoms with Gasteiger partial charge in [0.1, 0.15) is 16.6 Å². The molecule has 0 atom stereocenters. The van der Waals surface area contributed by atoms with E-state index in [1.807, 2.05) is 41.8 Å². The Labute approximate surface area is 174 Å². The fourth-order valence-electron chi connectivity index (χ4n) is 2.38. The van der Waals surface area contributed by atoms with E-state index in [0.29, 0.717) is 21.8 Å². The summed E-state index contributed by atoms with van der Waals surface area (Å²) in [4.78, 5) is 9.09. The molecule has 0 unspecified atom stereocenters. The fraction of sp³-hybridized carbons (Fsp3) is 0.0500. The molecule has 4 nitrogen and oxygen atoms in total. The minimum Gasteiger partial charge on any atom is -0.259 e. The Morgan fingerprint density at radius 2 is 1.82 bits per heavy atom. The molecule has 0 bridgehead atoms. The zero-order valence-corrected chi connectivity index (χ0v) is 16.9. The average molecular weight is 429 g/mol. The smallest absolute Gasteiger partial charge is 0.209 e. The topological polar surface area (TPSA) is 54.5 Å². The van der Waals surface area contributed by atoms with Crippen LogP contribution in [0.5, 0.6) is 0 Å². The molecule has 28 heavy (non-hydrogen) atoms. The Bertz CT molecular complexity index is 1090. The third kappa shape index (κ3) is 4.86. The van der Waals surface area contributed by atoms with Crippen LogP contribution in [-0.2, 0) is 5.75 Å². The van der Waals surface area contributed by atoms with E-state index in [-0.39, 0.29) is 5.82 Å². The summed E-state index contributed by atoms with van der Waals surface area (Å²) >= 11 is 9.05. The summed E-state index contributed by atoms with van der Waals surface area (Å²) in [6.07, 6.45) is 3.67. The number of nitrogens with zero attached hydrogens (tertiary/aromatic N) is 3. The minimum atomic E-state index is -0.253. The van der Waals surface area contributed by atoms with Crippen molar-refractivity contribution in [2.45, 2.75) is 10.9 Å². The van der Waals surface area contributed by atoms with Gasteiger partial charge in [0, 0.05) is 21.7 Å². The summed E-state index contributed by atoms with van der Waals surface area (Å²) < 4.78 is 12.9. The number of hydrogen-bond acceptors (Lipinski definition) is 5. The highest BCUT2D eigenvalue weighted by Gasteiger charge is 2.07. The van der Waals surface area contributed by atoms with Crippen molar-refractivity contribution in [1.82, 2.24) is 20.2 Å². The van der Waals surface area contributed by atoms with Gasteiger partial charge in [0.05, 0.1) is 5.69 Å². The van der Waals surface area contributed by atoms with Gasteiger partial charge in [-0.05, 0) is 35.9 Å². The maximum atomic E-state index is 12.9. The lowest BCUT2D eigenvalue weighted by molar-refractivity contribution is 0.628. The van der Waals surface area contributed by atoms with E-state index in [1.54, 1.807) is 23.5 Å². The molecule has 0 saturated carbocycles. The molecule has 140 valence electrons. The van der Waals surface area contributed by atoms with E-state index in [9.17, 15) is 4.39 Å². The summed E-state index contributed by atoms with van der Waals surface area (Å²) in [7, 11) is 0. The number of rotatable bonds is 6. The molecule has 0 spiro atoms. The highest BCUT2D eigenvalue weighted by Crippen LogP contribution is 2.27. The number of benzene rings is 2. The van der Waals surface area contributed by atoms with Crippen LogP contribution in [0.2, 0.25) is 5.02 Å². The molecule has 8 heteroatoms. The van der Waals surface area contributed by atoms with Crippen LogP contribution >= 0.6 is 34.7 Å². The Balaban J connectivity index is 1.36. The van der Waals surface area contributed by atoms with Gasteiger partial charge < -0.3 is 0 Å². The van der Waals surface area contributed by atoms with E-state index < -0.39 is 0 Å². The van der Waals surface area contributed by atoms with Crippen molar-refractivity contribution in [1.29, 1.82) is 0 Å². The summed E-state index contributed by atoms with van der Waals surface area (Å²) in [6.45, 7) is 0. The molecule has 2 heterocycles. The Kier molecular flexibility index (Phi) is 5.85. The quantitative estimate of drug-likeness (QED) is 0.372. The predicted molar refractivity (Wildman–Crippen MR) is 114 cm³/mol. The predicted octanol–water partition coefficient (Wildman–Crippen LogP) is 6.18. The van der Waals surface area contributed by atoms with Crippen molar-refractivity contribution in [3.05, 3.63) is 81.8 Å². The average Bonchev–Trinajstić information content (AvgIpc) is 3.36. The van der Waals surface area contributed by atoms with E-state index in [0.717, 1.165) is 21.8 Å². The second-order valence-corrected chi connectivity index (χ2v) is 8.06. The summed E-state index contributed by atoms with van der Waals surface area (Å²) in [5.74, 6) is 1.08. The third-order valence-corrected chi connectivity index (χ3v) is 5.85. The monoisotopic (exact) mass is 428 g/mol. The standard InChI is InChI=1S/C20H14ClFN4S2/c21-15-6-4-14(5-7-15)19-23-17(11-27-19)12-28-20-24-18(25-26-20)10-3-13-1-8-16(22)9-2-13/h1-11H,12H2,(H,24,25,26)/b10-3+. The van der Waals surface area contributed by atoms with Crippen LogP contribution in [0.25, 0.3) is 22.7 Å². The number of hydrogen-bond donors (Lipinski definition) is 1. The van der Waals surface area contributed by atoms with E-state index in [1.165, 1.54) is 23.9 Å². The highest BCUT2D eigenvalue weighted by atomic mass is 35.5. The van der Waals surface area contributed by atoms with Crippen LogP contribution in [0.15, 0.2) is 59.1 Å². The van der Waals surface area contributed by atoms with Crippen molar-refractivity contribution in [2.24, 2.45) is 0 Å². The first kappa shape index (κ1) is 18.9. The van der Waals surface area contributed by atoms with Gasteiger partial charge in [0.15, 0.2) is 0 Å². The van der Waals surface area contributed by atoms with Crippen LogP contribution in [0.3, 0.4) is 0 Å². The summed E-state index contributed by atoms with van der Waals surface area (Å²) in [5.41, 5.74) is 2.93. The molecule has 0 fully saturated rings. The van der Waals surface area contributed by atoms with Crippen molar-refractivity contribution < 1.29 is 4.39 Å². The van der Waals surface area contributed by atoms with Crippen LogP contribution in [-0.4, -0.2) is 20.2 Å². The van der Waals surface area contributed by atoms with Gasteiger partial charge >= 0.3 is 0 Å². The molecule has 1 N–H and O–H groups in total. The van der Waals surface area contributed by atoms with Gasteiger partial charge in [0.2, 0.25) is 5.16 Å². The molecule has 4 aromatic rings. The van der Waals surface area contributed by atoms with Crippen LogP contribution < -0.4 is 0 Å². The van der Waals surface area contributed by atoms with Crippen molar-refractivity contribution >= 4 is 46.9 Å². The maximum Gasteiger partial charge on any atom is 0.209 e. The van der Waals surface area contributed by atoms with Gasteiger partial charge in [-0.25, -0.2) is 14.4 Å². The van der Waals surface area contributed by atoms with Gasteiger partial charge in [0.25, 0.3) is 0 Å². The van der Waals surface area contributed by atoms with Crippen molar-refractivity contribution in [3.8, 4) is 10.6 Å². The fourth-order valence-corrected chi connectivity index (χ4v) is 4.14. The lowest BCUT2D eigenvalue weighted by atomic mass is 10.2. The number of thiazole rings is 1. The molecule has 2 aromatic carbocycles. The SMILES string of the molecule is Fc1ccc(/C=C/c2nc(SCc3csc(-c4ccc(Cl)cc4)n3)n[nH]2)cc1. The summed E-state index contributed by atoms with van der Waals surface area (Å²) in [6, 6.07) is 13.9. The Hall–Kier alpha value is -2.48. The first-order valence-corrected chi connectivity index (χ1v) is 10.6. The number of halogens is 2. The third-order valence-electron chi connectivity index (χ3n) is 3.78. The van der Waals surface area contributed by atoms with Crippen molar-refractivity contribution in [2.75, 3.05) is 0 Å². The molecule has 0 radical (unpaired) electrons. The number of thioether (sulfide) groups is 1. The number of H-pyrrole nitrogens is 1. The van der Waals surface area contributed by atoms with E-state index >= 15 is 0 Å². The van der Waals surface area contributed by atoms with Gasteiger partial charge in [-0.2, -0.15) is 0 Å². The Morgan fingerprint density at radius 3 is 2.61 bits per heavy atom. The van der Waals surface area contributed by atoms with Gasteiger partial charge in [-0.3, -0.25) is 5.10 Å². The Morgan fingerprint density at radius 1 is 1.04 bits per heavy atom. The first-order valence-electron chi connectivity index (χ1n) is 8.35. The maximum absolute atomic E-state index is 12.9. The normalized spacial score (nSPS) is 11.4. The van der Waals surface area contributed by atoms with E-state index in [4.69, 9.17) is 11.6 Å². The second-order valence-electron chi connectivity index (χ2n) is 5.83. The number of nitrogens with one attached hydrogen (secondary N) is 1. The molecule has 0 aliphatic heterocycles. The minimum absolute atomic E-state index is 0.253. The second kappa shape index (κ2) is 8.68. The molecule has 0 saturated heterocycles. The largest absolute Gasteiger partial charge is 0.259 e. The lowest BCUT2D eigenvalue weighted by Crippen LogP contribution is -1.83. The molecule has 0 amide bonds. The van der Waals surface area contributed by atoms with Crippen LogP contribution in [0.1, 0.15) is 17.1 Å². The van der Waals surface area contributed by atoms with Crippen LogP contribution in [0, 0.1) is 5.82 Å². The summed E-state index contributed by atoms with van der Waals surface area (Å²) in [5, 5.41) is 11.5. The highest BCUT2D eigenvalue weighted by molar-refractivity contribution is 7.98. The van der Waals surface area contributed by atoms with Gasteiger partial charge in [-0.1, -0.05) is 53.7 Å². The molecule has 4 rings (SSSR count). The molecule has 2 aromatic heterocycles. The zero-order chi connectivity index (χ0) is 19.3. The lowest BCUT2D eigenvalue weighted by Gasteiger charge is -1.96. The van der Waals surface area contributed by atoms with Gasteiger partial charge in [-0.15, -0.1) is 16.4 Å². The first-order chi connectivity index (χ1) is 13.7. The molecule has 0 aliphatic rings. The van der Waals surface area contributed by atoms with Crippen LogP contribution in [0.4, 0.5) is 4.39 Å². The number of aromatic nitrogens is 4. The molecule has 0 aliphatic carbocycles. The zero-order valence-electron chi connectivity index (χ0n) is 14.5.